The second-order valence-corrected chi connectivity index (χ2v) is 9.80. The SMILES string of the molecule is Cc1cc(NC(=O)C(C)(C)C)sc1C(=O)OCC(=O)Nc1ccccc1C(=O)NC1CC1. The molecule has 32 heavy (non-hydrogen) atoms. The van der Waals surface area contributed by atoms with Gasteiger partial charge < -0.3 is 20.7 Å². The van der Waals surface area contributed by atoms with Crippen LogP contribution in [0.1, 0.15) is 59.2 Å². The molecule has 3 rings (SSSR count). The van der Waals surface area contributed by atoms with Crippen LogP contribution >= 0.6 is 11.3 Å². The topological polar surface area (TPSA) is 114 Å². The minimum atomic E-state index is -0.654. The Morgan fingerprint density at radius 3 is 2.44 bits per heavy atom. The number of ether oxygens (including phenoxy) is 1. The fourth-order valence-corrected chi connectivity index (χ4v) is 3.67. The fourth-order valence-electron chi connectivity index (χ4n) is 2.71. The van der Waals surface area contributed by atoms with Gasteiger partial charge in [-0.15, -0.1) is 11.3 Å². The number of anilines is 2. The molecule has 0 spiro atoms. The molecule has 1 fully saturated rings. The molecule has 1 aliphatic rings. The molecule has 1 aromatic heterocycles. The largest absolute Gasteiger partial charge is 0.451 e. The van der Waals surface area contributed by atoms with E-state index in [9.17, 15) is 19.2 Å². The number of carbonyl (C=O) groups is 4. The first-order valence-electron chi connectivity index (χ1n) is 10.3. The van der Waals surface area contributed by atoms with Gasteiger partial charge in [0.25, 0.3) is 11.8 Å². The lowest BCUT2D eigenvalue weighted by atomic mass is 9.96. The van der Waals surface area contributed by atoms with Gasteiger partial charge in [-0.3, -0.25) is 14.4 Å². The van der Waals surface area contributed by atoms with Crippen LogP contribution in [0.5, 0.6) is 0 Å². The van der Waals surface area contributed by atoms with Crippen LogP contribution in [0.2, 0.25) is 0 Å². The zero-order valence-corrected chi connectivity index (χ0v) is 19.4. The van der Waals surface area contributed by atoms with Crippen LogP contribution in [0.4, 0.5) is 10.7 Å². The van der Waals surface area contributed by atoms with Crippen molar-refractivity contribution < 1.29 is 23.9 Å². The monoisotopic (exact) mass is 457 g/mol. The molecule has 0 bridgehead atoms. The second-order valence-electron chi connectivity index (χ2n) is 8.74. The summed E-state index contributed by atoms with van der Waals surface area (Å²) < 4.78 is 5.15. The molecule has 2 aromatic rings. The number of thiophene rings is 1. The third-order valence-electron chi connectivity index (χ3n) is 4.71. The van der Waals surface area contributed by atoms with Crippen LogP contribution < -0.4 is 16.0 Å². The minimum Gasteiger partial charge on any atom is -0.451 e. The van der Waals surface area contributed by atoms with Crippen LogP contribution in [0.25, 0.3) is 0 Å². The highest BCUT2D eigenvalue weighted by Gasteiger charge is 2.26. The Morgan fingerprint density at radius 1 is 1.09 bits per heavy atom. The first-order chi connectivity index (χ1) is 15.0. The summed E-state index contributed by atoms with van der Waals surface area (Å²) in [4.78, 5) is 49.6. The lowest BCUT2D eigenvalue weighted by molar-refractivity contribution is -0.123. The smallest absolute Gasteiger partial charge is 0.349 e. The number of carbonyl (C=O) groups excluding carboxylic acids is 4. The van der Waals surface area contributed by atoms with Gasteiger partial charge in [0.05, 0.1) is 16.3 Å². The normalized spacial score (nSPS) is 13.2. The van der Waals surface area contributed by atoms with Crippen LogP contribution in [-0.4, -0.2) is 36.3 Å². The highest BCUT2D eigenvalue weighted by Crippen LogP contribution is 2.29. The summed E-state index contributed by atoms with van der Waals surface area (Å²) in [5, 5.41) is 8.83. The third kappa shape index (κ3) is 6.16. The van der Waals surface area contributed by atoms with E-state index in [1.54, 1.807) is 58.0 Å². The summed E-state index contributed by atoms with van der Waals surface area (Å²) in [6.45, 7) is 6.62. The molecule has 0 saturated heterocycles. The Labute approximate surface area is 190 Å². The maximum atomic E-state index is 12.5. The summed E-state index contributed by atoms with van der Waals surface area (Å²) in [7, 11) is 0. The van der Waals surface area contributed by atoms with E-state index in [0.29, 0.717) is 26.7 Å². The lowest BCUT2D eigenvalue weighted by Gasteiger charge is -2.16. The van der Waals surface area contributed by atoms with Crippen molar-refractivity contribution in [2.45, 2.75) is 46.6 Å². The predicted molar refractivity (Wildman–Crippen MR) is 123 cm³/mol. The van der Waals surface area contributed by atoms with Crippen LogP contribution in [-0.2, 0) is 14.3 Å². The molecule has 1 saturated carbocycles. The first-order valence-corrected chi connectivity index (χ1v) is 11.1. The zero-order valence-electron chi connectivity index (χ0n) is 18.5. The molecule has 3 amide bonds. The number of hydrogen-bond acceptors (Lipinski definition) is 6. The van der Waals surface area contributed by atoms with Gasteiger partial charge in [-0.2, -0.15) is 0 Å². The molecule has 1 aliphatic carbocycles. The van der Waals surface area contributed by atoms with E-state index in [-0.39, 0.29) is 17.9 Å². The van der Waals surface area contributed by atoms with E-state index in [1.165, 1.54) is 0 Å². The van der Waals surface area contributed by atoms with Crippen molar-refractivity contribution >= 4 is 45.7 Å². The Balaban J connectivity index is 1.57. The highest BCUT2D eigenvalue weighted by atomic mass is 32.1. The summed E-state index contributed by atoms with van der Waals surface area (Å²) in [5.74, 6) is -1.62. The molecule has 170 valence electrons. The van der Waals surface area contributed by atoms with E-state index in [4.69, 9.17) is 4.74 Å². The van der Waals surface area contributed by atoms with Crippen LogP contribution in [0.3, 0.4) is 0 Å². The van der Waals surface area contributed by atoms with E-state index >= 15 is 0 Å². The maximum Gasteiger partial charge on any atom is 0.349 e. The van der Waals surface area contributed by atoms with Gasteiger partial charge in [-0.25, -0.2) is 4.79 Å². The molecule has 0 atom stereocenters. The molecular weight excluding hydrogens is 430 g/mol. The number of benzene rings is 1. The minimum absolute atomic E-state index is 0.164. The molecule has 3 N–H and O–H groups in total. The number of para-hydroxylation sites is 1. The van der Waals surface area contributed by atoms with Crippen molar-refractivity contribution in [3.63, 3.8) is 0 Å². The Kier molecular flexibility index (Phi) is 6.98. The molecule has 0 radical (unpaired) electrons. The number of rotatable bonds is 7. The van der Waals surface area contributed by atoms with E-state index in [0.717, 1.165) is 24.2 Å². The van der Waals surface area contributed by atoms with Crippen LogP contribution in [0.15, 0.2) is 30.3 Å². The van der Waals surface area contributed by atoms with Crippen molar-refractivity contribution in [3.05, 3.63) is 46.3 Å². The van der Waals surface area contributed by atoms with Crippen molar-refractivity contribution in [2.75, 3.05) is 17.2 Å². The van der Waals surface area contributed by atoms with Gasteiger partial charge in [0.15, 0.2) is 6.61 Å². The average molecular weight is 458 g/mol. The molecule has 1 aromatic carbocycles. The zero-order chi connectivity index (χ0) is 23.5. The summed E-state index contributed by atoms with van der Waals surface area (Å²) in [6.07, 6.45) is 1.92. The number of esters is 1. The Bertz CT molecular complexity index is 1050. The van der Waals surface area contributed by atoms with Crippen molar-refractivity contribution in [3.8, 4) is 0 Å². The highest BCUT2D eigenvalue weighted by molar-refractivity contribution is 7.18. The third-order valence-corrected chi connectivity index (χ3v) is 5.85. The first kappa shape index (κ1) is 23.5. The van der Waals surface area contributed by atoms with Crippen molar-refractivity contribution in [2.24, 2.45) is 5.41 Å². The van der Waals surface area contributed by atoms with Gasteiger partial charge in [0.2, 0.25) is 5.91 Å². The Morgan fingerprint density at radius 2 is 1.78 bits per heavy atom. The van der Waals surface area contributed by atoms with Crippen LogP contribution in [0, 0.1) is 12.3 Å². The molecule has 9 heteroatoms. The molecule has 1 heterocycles. The van der Waals surface area contributed by atoms with E-state index in [1.807, 2.05) is 0 Å². The summed E-state index contributed by atoms with van der Waals surface area (Å²) in [6, 6.07) is 8.56. The molecule has 0 unspecified atom stereocenters. The van der Waals surface area contributed by atoms with E-state index < -0.39 is 23.9 Å². The number of amides is 3. The number of aryl methyl sites for hydroxylation is 1. The molecule has 0 aliphatic heterocycles. The summed E-state index contributed by atoms with van der Waals surface area (Å²) in [5.41, 5.74) is 0.785. The second kappa shape index (κ2) is 9.52. The number of hydrogen-bond donors (Lipinski definition) is 3. The van der Waals surface area contributed by atoms with Gasteiger partial charge in [-0.05, 0) is 43.5 Å². The predicted octanol–water partition coefficient (Wildman–Crippen LogP) is 3.73. The van der Waals surface area contributed by atoms with Crippen molar-refractivity contribution in [1.82, 2.24) is 5.32 Å². The van der Waals surface area contributed by atoms with Gasteiger partial charge in [-0.1, -0.05) is 32.9 Å². The lowest BCUT2D eigenvalue weighted by Crippen LogP contribution is -2.28. The van der Waals surface area contributed by atoms with Gasteiger partial charge in [0.1, 0.15) is 4.88 Å². The van der Waals surface area contributed by atoms with Crippen molar-refractivity contribution in [1.29, 1.82) is 0 Å². The quantitative estimate of drug-likeness (QED) is 0.548. The van der Waals surface area contributed by atoms with Gasteiger partial charge in [0, 0.05) is 11.5 Å². The maximum absolute atomic E-state index is 12.5. The Hall–Kier alpha value is -3.20. The van der Waals surface area contributed by atoms with E-state index in [2.05, 4.69) is 16.0 Å². The molecular formula is C23H27N3O5S. The standard InChI is InChI=1S/C23H27N3O5S/c1-13-11-18(26-22(30)23(2,3)4)32-19(13)21(29)31-12-17(27)25-16-8-6-5-7-15(16)20(28)24-14-9-10-14/h5-8,11,14H,9-10,12H2,1-4H3,(H,24,28)(H,25,27)(H,26,30). The molecule has 8 nitrogen and oxygen atoms in total. The van der Waals surface area contributed by atoms with Gasteiger partial charge >= 0.3 is 5.97 Å². The number of nitrogens with one attached hydrogen (secondary N) is 3. The average Bonchev–Trinajstić information content (AvgIpc) is 3.46. The summed E-state index contributed by atoms with van der Waals surface area (Å²) >= 11 is 1.09. The fraction of sp³-hybridized carbons (Fsp3) is 0.391.